The minimum atomic E-state index is 0.0521. The lowest BCUT2D eigenvalue weighted by Gasteiger charge is -2.37. The molecule has 1 fully saturated rings. The highest BCUT2D eigenvalue weighted by Gasteiger charge is 2.36. The normalized spacial score (nSPS) is 23.2. The number of hydrogen-bond acceptors (Lipinski definition) is 2. The second kappa shape index (κ2) is 3.88. The third-order valence-electron chi connectivity index (χ3n) is 1.50. The van der Waals surface area contributed by atoms with Gasteiger partial charge in [0.25, 0.3) is 0 Å². The number of β-lactam (4-membered cyclic amide) rings is 1. The molecule has 0 radical (unpaired) electrons. The number of nitrogens with zero attached hydrogens (tertiary/aromatic N) is 1. The van der Waals surface area contributed by atoms with Gasteiger partial charge < -0.3 is 0 Å². The summed E-state index contributed by atoms with van der Waals surface area (Å²) in [6, 6.07) is 0.211. The molecule has 0 aliphatic carbocycles. The number of carbonyl (C=O) groups is 1. The maximum absolute atomic E-state index is 10.9. The van der Waals surface area contributed by atoms with E-state index in [0.29, 0.717) is 13.0 Å². The van der Waals surface area contributed by atoms with Crippen LogP contribution in [0.4, 0.5) is 0 Å². The first kappa shape index (κ1) is 8.74. The minimum absolute atomic E-state index is 0.0521. The van der Waals surface area contributed by atoms with E-state index in [1.54, 1.807) is 6.08 Å². The van der Waals surface area contributed by atoms with E-state index in [4.69, 9.17) is 4.84 Å². The van der Waals surface area contributed by atoms with Gasteiger partial charge in [-0.1, -0.05) is 22.0 Å². The maximum atomic E-state index is 10.9. The Kier molecular flexibility index (Phi) is 3.08. The van der Waals surface area contributed by atoms with Gasteiger partial charge in [-0.3, -0.25) is 9.63 Å². The van der Waals surface area contributed by atoms with Crippen molar-refractivity contribution in [1.82, 2.24) is 5.06 Å². The third kappa shape index (κ3) is 1.81. The molecule has 0 aromatic heterocycles. The van der Waals surface area contributed by atoms with Gasteiger partial charge in [0.15, 0.2) is 0 Å². The quantitative estimate of drug-likeness (QED) is 0.403. The van der Waals surface area contributed by atoms with Gasteiger partial charge in [0, 0.05) is 5.33 Å². The molecule has 1 amide bonds. The first-order valence-electron chi connectivity index (χ1n) is 3.41. The number of rotatable bonds is 4. The van der Waals surface area contributed by atoms with Crippen molar-refractivity contribution in [3.63, 3.8) is 0 Å². The van der Waals surface area contributed by atoms with Crippen LogP contribution in [0, 0.1) is 0 Å². The zero-order valence-electron chi connectivity index (χ0n) is 6.12. The summed E-state index contributed by atoms with van der Waals surface area (Å²) in [5, 5.41) is 2.17. The van der Waals surface area contributed by atoms with Crippen LogP contribution in [0.2, 0.25) is 0 Å². The Balaban J connectivity index is 2.30. The average Bonchev–Trinajstić information content (AvgIpc) is 2.00. The van der Waals surface area contributed by atoms with Crippen LogP contribution in [0.3, 0.4) is 0 Å². The van der Waals surface area contributed by atoms with E-state index >= 15 is 0 Å². The molecule has 1 saturated heterocycles. The van der Waals surface area contributed by atoms with Crippen LogP contribution < -0.4 is 0 Å². The summed E-state index contributed by atoms with van der Waals surface area (Å²) in [5.41, 5.74) is 0. The molecule has 1 aliphatic heterocycles. The SMILES string of the molecule is C=CCON1C(=O)CC1CBr. The lowest BCUT2D eigenvalue weighted by Crippen LogP contribution is -2.53. The Hall–Kier alpha value is -0.350. The zero-order chi connectivity index (χ0) is 8.27. The van der Waals surface area contributed by atoms with E-state index in [2.05, 4.69) is 22.5 Å². The van der Waals surface area contributed by atoms with Gasteiger partial charge in [-0.15, -0.1) is 6.58 Å². The van der Waals surface area contributed by atoms with Crippen LogP contribution in [0.1, 0.15) is 6.42 Å². The fourth-order valence-electron chi connectivity index (χ4n) is 0.893. The molecule has 1 heterocycles. The molecule has 1 rings (SSSR count). The van der Waals surface area contributed by atoms with Gasteiger partial charge >= 0.3 is 0 Å². The van der Waals surface area contributed by atoms with Crippen molar-refractivity contribution in [3.05, 3.63) is 12.7 Å². The van der Waals surface area contributed by atoms with Crippen LogP contribution in [-0.4, -0.2) is 28.9 Å². The molecule has 0 spiro atoms. The molecular weight excluding hydrogens is 210 g/mol. The fraction of sp³-hybridized carbons (Fsp3) is 0.571. The molecule has 62 valence electrons. The van der Waals surface area contributed by atoms with Crippen molar-refractivity contribution in [2.24, 2.45) is 0 Å². The van der Waals surface area contributed by atoms with E-state index < -0.39 is 0 Å². The van der Waals surface area contributed by atoms with Crippen LogP contribution in [-0.2, 0) is 9.63 Å². The van der Waals surface area contributed by atoms with E-state index in [9.17, 15) is 4.79 Å². The standard InChI is InChI=1S/C7H10BrNO2/c1-2-3-11-9-6(5-8)4-7(9)10/h2,6H,1,3-5H2. The highest BCUT2D eigenvalue weighted by Crippen LogP contribution is 2.20. The van der Waals surface area contributed by atoms with Crippen LogP contribution in [0.25, 0.3) is 0 Å². The molecule has 11 heavy (non-hydrogen) atoms. The molecule has 1 atom stereocenters. The average molecular weight is 220 g/mol. The first-order valence-corrected chi connectivity index (χ1v) is 4.53. The Bertz CT molecular complexity index is 172. The Morgan fingerprint density at radius 3 is 3.09 bits per heavy atom. The van der Waals surface area contributed by atoms with Gasteiger partial charge in [0.2, 0.25) is 5.91 Å². The van der Waals surface area contributed by atoms with Gasteiger partial charge in [-0.2, -0.15) is 0 Å². The lowest BCUT2D eigenvalue weighted by atomic mass is 10.1. The number of halogens is 1. The van der Waals surface area contributed by atoms with Gasteiger partial charge in [-0.05, 0) is 0 Å². The lowest BCUT2D eigenvalue weighted by molar-refractivity contribution is -0.218. The van der Waals surface area contributed by atoms with Crippen molar-refractivity contribution < 1.29 is 9.63 Å². The molecule has 3 nitrogen and oxygen atoms in total. The van der Waals surface area contributed by atoms with Crippen LogP contribution in [0.15, 0.2) is 12.7 Å². The first-order chi connectivity index (χ1) is 5.29. The molecule has 0 aromatic rings. The van der Waals surface area contributed by atoms with E-state index in [1.807, 2.05) is 0 Å². The van der Waals surface area contributed by atoms with Gasteiger partial charge in [-0.25, -0.2) is 5.06 Å². The van der Waals surface area contributed by atoms with Gasteiger partial charge in [0.05, 0.1) is 19.1 Å². The molecule has 4 heteroatoms. The second-order valence-electron chi connectivity index (χ2n) is 2.32. The van der Waals surface area contributed by atoms with Crippen LogP contribution >= 0.6 is 15.9 Å². The van der Waals surface area contributed by atoms with Crippen molar-refractivity contribution in [2.45, 2.75) is 12.5 Å². The second-order valence-corrected chi connectivity index (χ2v) is 2.96. The summed E-state index contributed by atoms with van der Waals surface area (Å²) in [4.78, 5) is 15.9. The Morgan fingerprint density at radius 2 is 2.64 bits per heavy atom. The predicted molar refractivity (Wildman–Crippen MR) is 45.2 cm³/mol. The number of alkyl halides is 1. The van der Waals surface area contributed by atoms with Gasteiger partial charge in [0.1, 0.15) is 0 Å². The predicted octanol–water partition coefficient (Wildman–Crippen LogP) is 1.10. The maximum Gasteiger partial charge on any atom is 0.248 e. The van der Waals surface area contributed by atoms with E-state index in [0.717, 1.165) is 5.33 Å². The number of carbonyl (C=O) groups excluding carboxylic acids is 1. The topological polar surface area (TPSA) is 29.5 Å². The minimum Gasteiger partial charge on any atom is -0.272 e. The molecule has 0 N–H and O–H groups in total. The zero-order valence-corrected chi connectivity index (χ0v) is 7.71. The van der Waals surface area contributed by atoms with Crippen molar-refractivity contribution in [3.8, 4) is 0 Å². The smallest absolute Gasteiger partial charge is 0.248 e. The number of amides is 1. The summed E-state index contributed by atoms with van der Waals surface area (Å²) < 4.78 is 0. The van der Waals surface area contributed by atoms with Crippen molar-refractivity contribution >= 4 is 21.8 Å². The molecule has 1 unspecified atom stereocenters. The van der Waals surface area contributed by atoms with Crippen molar-refractivity contribution in [2.75, 3.05) is 11.9 Å². The third-order valence-corrected chi connectivity index (χ3v) is 2.24. The monoisotopic (exact) mass is 219 g/mol. The largest absolute Gasteiger partial charge is 0.272 e. The van der Waals surface area contributed by atoms with Crippen LogP contribution in [0.5, 0.6) is 0 Å². The molecule has 0 saturated carbocycles. The Labute approximate surface area is 74.1 Å². The highest BCUT2D eigenvalue weighted by molar-refractivity contribution is 9.09. The summed E-state index contributed by atoms with van der Waals surface area (Å²) in [6.45, 7) is 3.89. The molecule has 0 bridgehead atoms. The summed E-state index contributed by atoms with van der Waals surface area (Å²) in [6.07, 6.45) is 2.21. The fourth-order valence-corrected chi connectivity index (χ4v) is 1.39. The molecular formula is C7H10BrNO2. The molecule has 1 aliphatic rings. The highest BCUT2D eigenvalue weighted by atomic mass is 79.9. The Morgan fingerprint density at radius 1 is 1.91 bits per heavy atom. The number of hydrogen-bond donors (Lipinski definition) is 0. The number of hydroxylamine groups is 2. The summed E-state index contributed by atoms with van der Waals surface area (Å²) >= 11 is 3.29. The summed E-state index contributed by atoms with van der Waals surface area (Å²) in [7, 11) is 0. The van der Waals surface area contributed by atoms with E-state index in [-0.39, 0.29) is 11.9 Å². The molecule has 0 aromatic carbocycles. The van der Waals surface area contributed by atoms with Crippen molar-refractivity contribution in [1.29, 1.82) is 0 Å². The van der Waals surface area contributed by atoms with E-state index in [1.165, 1.54) is 5.06 Å². The summed E-state index contributed by atoms with van der Waals surface area (Å²) in [5.74, 6) is 0.0521.